The molecule has 1 saturated carbocycles. The van der Waals surface area contributed by atoms with Gasteiger partial charge in [-0.2, -0.15) is 5.10 Å². The van der Waals surface area contributed by atoms with Gasteiger partial charge in [0.25, 0.3) is 12.3 Å². The van der Waals surface area contributed by atoms with Crippen molar-refractivity contribution in [2.45, 2.75) is 63.6 Å². The molecule has 2 aliphatic heterocycles. The van der Waals surface area contributed by atoms with Crippen LogP contribution in [-0.2, 0) is 4.74 Å². The average molecular weight is 483 g/mol. The van der Waals surface area contributed by atoms with Crippen LogP contribution in [0, 0.1) is 5.92 Å². The third-order valence-electron chi connectivity index (χ3n) is 7.60. The first kappa shape index (κ1) is 22.3. The minimum atomic E-state index is -2.79. The summed E-state index contributed by atoms with van der Waals surface area (Å²) in [5.41, 5.74) is 0.355. The molecule has 3 fully saturated rings. The summed E-state index contributed by atoms with van der Waals surface area (Å²) in [5.74, 6) is 0.883. The van der Waals surface area contributed by atoms with Crippen LogP contribution < -0.4 is 10.2 Å². The summed E-state index contributed by atoms with van der Waals surface area (Å²) >= 11 is 0. The van der Waals surface area contributed by atoms with Crippen LogP contribution in [0.4, 0.5) is 20.3 Å². The van der Waals surface area contributed by atoms with Gasteiger partial charge < -0.3 is 15.0 Å². The highest BCUT2D eigenvalue weighted by molar-refractivity contribution is 6.11. The van der Waals surface area contributed by atoms with Crippen LogP contribution in [0.5, 0.6) is 0 Å². The van der Waals surface area contributed by atoms with Gasteiger partial charge in [0.2, 0.25) is 0 Å². The van der Waals surface area contributed by atoms with Crippen molar-refractivity contribution in [3.05, 3.63) is 42.0 Å². The van der Waals surface area contributed by atoms with E-state index >= 15 is 0 Å². The van der Waals surface area contributed by atoms with Gasteiger partial charge >= 0.3 is 0 Å². The van der Waals surface area contributed by atoms with Crippen molar-refractivity contribution < 1.29 is 18.3 Å². The van der Waals surface area contributed by atoms with E-state index in [1.165, 1.54) is 6.20 Å². The topological polar surface area (TPSA) is 85.2 Å². The molecule has 2 atom stereocenters. The molecule has 0 aromatic carbocycles. The Labute approximate surface area is 201 Å². The van der Waals surface area contributed by atoms with Crippen molar-refractivity contribution >= 4 is 28.3 Å². The van der Waals surface area contributed by atoms with E-state index in [0.29, 0.717) is 23.4 Å². The highest BCUT2D eigenvalue weighted by Gasteiger charge is 2.39. The van der Waals surface area contributed by atoms with Crippen LogP contribution in [0.25, 0.3) is 10.9 Å². The lowest BCUT2D eigenvalue weighted by Crippen LogP contribution is -2.37. The number of aromatic nitrogens is 4. The lowest BCUT2D eigenvalue weighted by atomic mass is 9.87. The zero-order chi connectivity index (χ0) is 24.1. The first-order valence-corrected chi connectivity index (χ1v) is 12.3. The number of anilines is 2. The summed E-state index contributed by atoms with van der Waals surface area (Å²) in [5, 5.41) is 7.54. The number of nitrogens with zero attached hydrogens (tertiary/aromatic N) is 5. The van der Waals surface area contributed by atoms with Crippen LogP contribution in [0.1, 0.15) is 67.5 Å². The number of alkyl halides is 2. The predicted molar refractivity (Wildman–Crippen MR) is 127 cm³/mol. The highest BCUT2D eigenvalue weighted by atomic mass is 19.3. The molecular weight excluding hydrogens is 454 g/mol. The number of pyridine rings is 2. The number of amides is 1. The van der Waals surface area contributed by atoms with Crippen molar-refractivity contribution in [3.8, 4) is 0 Å². The summed E-state index contributed by atoms with van der Waals surface area (Å²) in [4.78, 5) is 24.5. The number of hydrogen-bond donors (Lipinski definition) is 1. The summed E-state index contributed by atoms with van der Waals surface area (Å²) in [7, 11) is 0. The molecule has 1 N–H and O–H groups in total. The van der Waals surface area contributed by atoms with Crippen LogP contribution in [0.15, 0.2) is 30.7 Å². The summed E-state index contributed by atoms with van der Waals surface area (Å²) in [6, 6.07) is 4.17. The van der Waals surface area contributed by atoms with Crippen LogP contribution >= 0.6 is 0 Å². The van der Waals surface area contributed by atoms with E-state index in [1.807, 2.05) is 12.1 Å². The van der Waals surface area contributed by atoms with E-state index in [-0.39, 0.29) is 29.4 Å². The number of carbonyl (C=O) groups excluding carboxylic acids is 1. The molecule has 10 heteroatoms. The molecule has 8 nitrogen and oxygen atoms in total. The van der Waals surface area contributed by atoms with Gasteiger partial charge in [-0.15, -0.1) is 0 Å². The van der Waals surface area contributed by atoms with Crippen LogP contribution in [-0.4, -0.2) is 51.0 Å². The molecule has 184 valence electrons. The van der Waals surface area contributed by atoms with Crippen molar-refractivity contribution in [1.29, 1.82) is 0 Å². The molecule has 3 aromatic heterocycles. The van der Waals surface area contributed by atoms with E-state index in [2.05, 4.69) is 27.2 Å². The second-order valence-electron chi connectivity index (χ2n) is 10.0. The van der Waals surface area contributed by atoms with Gasteiger partial charge in [0.05, 0.1) is 41.6 Å². The number of halogens is 2. The summed E-state index contributed by atoms with van der Waals surface area (Å²) in [6.45, 7) is 3.65. The third kappa shape index (κ3) is 4.13. The summed E-state index contributed by atoms with van der Waals surface area (Å²) in [6.07, 6.45) is 6.88. The zero-order valence-electron chi connectivity index (χ0n) is 19.5. The molecule has 5 heterocycles. The number of fused-ring (bicyclic) bond motifs is 3. The van der Waals surface area contributed by atoms with Gasteiger partial charge in [0.1, 0.15) is 5.82 Å². The third-order valence-corrected chi connectivity index (χ3v) is 7.60. The zero-order valence-corrected chi connectivity index (χ0v) is 19.5. The fourth-order valence-corrected chi connectivity index (χ4v) is 5.59. The van der Waals surface area contributed by atoms with E-state index in [4.69, 9.17) is 9.72 Å². The lowest BCUT2D eigenvalue weighted by Gasteiger charge is -2.28. The Morgan fingerprint density at radius 2 is 2.00 bits per heavy atom. The Kier molecular flexibility index (Phi) is 5.63. The van der Waals surface area contributed by atoms with Gasteiger partial charge in [-0.25, -0.2) is 13.8 Å². The second-order valence-corrected chi connectivity index (χ2v) is 10.0. The Bertz CT molecular complexity index is 1260. The number of nitrogens with one attached hydrogen (secondary N) is 1. The average Bonchev–Trinajstić information content (AvgIpc) is 3.60. The first-order valence-electron chi connectivity index (χ1n) is 12.3. The molecule has 35 heavy (non-hydrogen) atoms. The quantitative estimate of drug-likeness (QED) is 0.565. The van der Waals surface area contributed by atoms with Gasteiger partial charge in [0.15, 0.2) is 5.69 Å². The van der Waals surface area contributed by atoms with Crippen molar-refractivity contribution in [2.75, 3.05) is 23.4 Å². The van der Waals surface area contributed by atoms with Crippen LogP contribution in [0.3, 0.4) is 0 Å². The molecular formula is C25H28F2N6O2. The molecule has 6 rings (SSSR count). The molecule has 3 aromatic rings. The Balaban J connectivity index is 1.29. The smallest absolute Gasteiger partial charge is 0.284 e. The molecule has 2 saturated heterocycles. The molecule has 1 amide bonds. The number of carbonyl (C=O) groups is 1. The maximum absolute atomic E-state index is 13.8. The standard InChI is InChI=1S/C25H28F2N6O2/c1-14-2-5-16(6-3-14)33-12-20(23(31-33)24(26)27)29-25(34)19-10-28-9-15-4-7-21(30-22(15)19)32-11-18-8-17(32)13-35-18/h4,7,9-10,12,14,16-18,24H,2-3,5-6,8,11,13H2,1H3,(H,29,34)/t14?,16?,17-,18-/m0/s1. The van der Waals surface area contributed by atoms with Gasteiger partial charge in [-0.1, -0.05) is 6.92 Å². The second kappa shape index (κ2) is 8.82. The number of ether oxygens (including phenoxy) is 1. The van der Waals surface area contributed by atoms with Crippen molar-refractivity contribution in [2.24, 2.45) is 5.92 Å². The number of rotatable bonds is 5. The van der Waals surface area contributed by atoms with Crippen molar-refractivity contribution in [3.63, 3.8) is 0 Å². The Hall–Kier alpha value is -3.14. The highest BCUT2D eigenvalue weighted by Crippen LogP contribution is 2.35. The van der Waals surface area contributed by atoms with Gasteiger partial charge in [-0.3, -0.25) is 14.5 Å². The molecule has 1 aliphatic carbocycles. The normalized spacial score (nSPS) is 26.1. The minimum Gasteiger partial charge on any atom is -0.374 e. The largest absolute Gasteiger partial charge is 0.374 e. The molecule has 2 bridgehead atoms. The Morgan fingerprint density at radius 3 is 2.71 bits per heavy atom. The predicted octanol–water partition coefficient (Wildman–Crippen LogP) is 4.74. The Morgan fingerprint density at radius 1 is 1.17 bits per heavy atom. The van der Waals surface area contributed by atoms with E-state index in [9.17, 15) is 13.6 Å². The fraction of sp³-hybridized carbons (Fsp3) is 0.520. The summed E-state index contributed by atoms with van der Waals surface area (Å²) < 4.78 is 34.9. The van der Waals surface area contributed by atoms with E-state index in [0.717, 1.165) is 44.5 Å². The van der Waals surface area contributed by atoms with Gasteiger partial charge in [-0.05, 0) is 50.2 Å². The lowest BCUT2D eigenvalue weighted by molar-refractivity contribution is 0.0988. The van der Waals surface area contributed by atoms with Gasteiger partial charge in [0, 0.05) is 30.5 Å². The maximum Gasteiger partial charge on any atom is 0.284 e. The SMILES string of the molecule is CC1CCC(n2cc(NC(=O)c3cncc4ccc(N5C[C@@H]6C[C@H]5CO6)nc34)c(C(F)F)n2)CC1. The molecule has 0 unspecified atom stereocenters. The minimum absolute atomic E-state index is 0.0331. The number of morpholine rings is 1. The fourth-order valence-electron chi connectivity index (χ4n) is 5.59. The van der Waals surface area contributed by atoms with E-state index in [1.54, 1.807) is 17.1 Å². The number of hydrogen-bond acceptors (Lipinski definition) is 6. The monoisotopic (exact) mass is 482 g/mol. The van der Waals surface area contributed by atoms with Crippen molar-refractivity contribution in [1.82, 2.24) is 19.7 Å². The first-order chi connectivity index (χ1) is 17.0. The molecule has 0 radical (unpaired) electrons. The van der Waals surface area contributed by atoms with E-state index < -0.39 is 18.0 Å². The van der Waals surface area contributed by atoms with Crippen LogP contribution in [0.2, 0.25) is 0 Å². The molecule has 3 aliphatic rings. The maximum atomic E-state index is 13.8. The molecule has 0 spiro atoms.